The summed E-state index contributed by atoms with van der Waals surface area (Å²) >= 11 is 0. The highest BCUT2D eigenvalue weighted by Gasteiger charge is 2.19. The quantitative estimate of drug-likeness (QED) is 0.901. The van der Waals surface area contributed by atoms with E-state index in [-0.39, 0.29) is 0 Å². The van der Waals surface area contributed by atoms with Gasteiger partial charge in [-0.2, -0.15) is 0 Å². The van der Waals surface area contributed by atoms with Crippen LogP contribution >= 0.6 is 0 Å². The molecular weight excluding hydrogens is 250 g/mol. The second-order valence-electron chi connectivity index (χ2n) is 5.44. The van der Waals surface area contributed by atoms with Crippen LogP contribution in [-0.4, -0.2) is 30.7 Å². The van der Waals surface area contributed by atoms with Crippen LogP contribution < -0.4 is 15.4 Å². The van der Waals surface area contributed by atoms with Crippen molar-refractivity contribution in [2.24, 2.45) is 0 Å². The van der Waals surface area contributed by atoms with Crippen molar-refractivity contribution in [2.45, 2.75) is 31.8 Å². The number of pyridine rings is 1. The normalized spacial score (nSPS) is 22.7. The highest BCUT2D eigenvalue weighted by molar-refractivity contribution is 5.95. The van der Waals surface area contributed by atoms with Crippen molar-refractivity contribution in [2.75, 3.05) is 19.0 Å². The number of nitrogens with one attached hydrogen (secondary N) is 2. The minimum absolute atomic E-state index is 0.482. The summed E-state index contributed by atoms with van der Waals surface area (Å²) in [7, 11) is 1.71. The van der Waals surface area contributed by atoms with E-state index >= 15 is 0 Å². The van der Waals surface area contributed by atoms with E-state index < -0.39 is 0 Å². The van der Waals surface area contributed by atoms with Crippen LogP contribution in [0.1, 0.15) is 19.8 Å². The number of ether oxygens (including phenoxy) is 1. The first-order chi connectivity index (χ1) is 9.78. The van der Waals surface area contributed by atoms with Gasteiger partial charge in [-0.05, 0) is 38.4 Å². The zero-order chi connectivity index (χ0) is 13.9. The van der Waals surface area contributed by atoms with Crippen LogP contribution in [0.3, 0.4) is 0 Å². The Hall–Kier alpha value is -1.81. The second kappa shape index (κ2) is 5.67. The van der Waals surface area contributed by atoms with Crippen LogP contribution in [0.2, 0.25) is 0 Å². The van der Waals surface area contributed by atoms with E-state index in [0.717, 1.165) is 41.7 Å². The Morgan fingerprint density at radius 2 is 2.20 bits per heavy atom. The molecule has 1 aliphatic rings. The lowest BCUT2D eigenvalue weighted by Crippen LogP contribution is -2.41. The third kappa shape index (κ3) is 2.56. The summed E-state index contributed by atoms with van der Waals surface area (Å²) in [5.41, 5.74) is 0. The van der Waals surface area contributed by atoms with Crippen LogP contribution in [0.15, 0.2) is 30.5 Å². The molecule has 0 saturated carbocycles. The molecule has 0 radical (unpaired) electrons. The number of fused-ring (bicyclic) bond motifs is 1. The standard InChI is InChI=1S/C16H21N3O/c1-11-10-12(6-8-17-11)19-16-14-4-3-5-15(20-2)13(14)7-9-18-16/h3-5,7,9,11-12,17H,6,8,10H2,1-2H3,(H,18,19). The summed E-state index contributed by atoms with van der Waals surface area (Å²) in [5.74, 6) is 1.85. The van der Waals surface area contributed by atoms with E-state index in [9.17, 15) is 0 Å². The average Bonchev–Trinajstić information content (AvgIpc) is 2.47. The van der Waals surface area contributed by atoms with Gasteiger partial charge in [0.25, 0.3) is 0 Å². The van der Waals surface area contributed by atoms with E-state index in [1.54, 1.807) is 7.11 Å². The first kappa shape index (κ1) is 13.2. The molecule has 2 N–H and O–H groups in total. The molecule has 1 aliphatic heterocycles. The van der Waals surface area contributed by atoms with Crippen molar-refractivity contribution in [1.82, 2.24) is 10.3 Å². The third-order valence-corrected chi connectivity index (χ3v) is 3.95. The van der Waals surface area contributed by atoms with Gasteiger partial charge < -0.3 is 15.4 Å². The molecule has 1 fully saturated rings. The first-order valence-corrected chi connectivity index (χ1v) is 7.19. The fourth-order valence-electron chi connectivity index (χ4n) is 2.93. The molecule has 2 unspecified atom stereocenters. The molecule has 3 rings (SSSR count). The number of hydrogen-bond acceptors (Lipinski definition) is 4. The monoisotopic (exact) mass is 271 g/mol. The molecule has 1 aromatic carbocycles. The van der Waals surface area contributed by atoms with E-state index in [1.807, 2.05) is 24.4 Å². The Morgan fingerprint density at radius 3 is 3.00 bits per heavy atom. The van der Waals surface area contributed by atoms with Gasteiger partial charge in [0.1, 0.15) is 11.6 Å². The zero-order valence-corrected chi connectivity index (χ0v) is 12.0. The van der Waals surface area contributed by atoms with Gasteiger partial charge in [0.15, 0.2) is 0 Å². The average molecular weight is 271 g/mol. The number of anilines is 1. The topological polar surface area (TPSA) is 46.2 Å². The number of hydrogen-bond donors (Lipinski definition) is 2. The summed E-state index contributed by atoms with van der Waals surface area (Å²) in [6, 6.07) is 9.14. The van der Waals surface area contributed by atoms with Crippen molar-refractivity contribution in [1.29, 1.82) is 0 Å². The number of piperidine rings is 1. The molecule has 0 aliphatic carbocycles. The third-order valence-electron chi connectivity index (χ3n) is 3.95. The van der Waals surface area contributed by atoms with Crippen molar-refractivity contribution < 1.29 is 4.74 Å². The van der Waals surface area contributed by atoms with E-state index in [4.69, 9.17) is 4.74 Å². The van der Waals surface area contributed by atoms with E-state index in [0.29, 0.717) is 12.1 Å². The zero-order valence-electron chi connectivity index (χ0n) is 12.0. The van der Waals surface area contributed by atoms with Crippen LogP contribution in [0, 0.1) is 0 Å². The van der Waals surface area contributed by atoms with Crippen molar-refractivity contribution in [3.63, 3.8) is 0 Å². The maximum absolute atomic E-state index is 5.42. The molecule has 0 spiro atoms. The van der Waals surface area contributed by atoms with Crippen LogP contribution in [0.5, 0.6) is 5.75 Å². The molecule has 4 heteroatoms. The van der Waals surface area contributed by atoms with Gasteiger partial charge in [0, 0.05) is 29.1 Å². The minimum atomic E-state index is 0.482. The summed E-state index contributed by atoms with van der Waals surface area (Å²) < 4.78 is 5.42. The van der Waals surface area contributed by atoms with Crippen molar-refractivity contribution in [3.05, 3.63) is 30.5 Å². The second-order valence-corrected chi connectivity index (χ2v) is 5.44. The highest BCUT2D eigenvalue weighted by atomic mass is 16.5. The van der Waals surface area contributed by atoms with Gasteiger partial charge in [-0.3, -0.25) is 0 Å². The smallest absolute Gasteiger partial charge is 0.134 e. The van der Waals surface area contributed by atoms with Gasteiger partial charge in [0.2, 0.25) is 0 Å². The van der Waals surface area contributed by atoms with Crippen LogP contribution in [-0.2, 0) is 0 Å². The summed E-state index contributed by atoms with van der Waals surface area (Å²) in [6.07, 6.45) is 4.10. The molecule has 0 bridgehead atoms. The van der Waals surface area contributed by atoms with Crippen LogP contribution in [0.25, 0.3) is 10.8 Å². The predicted octanol–water partition coefficient (Wildman–Crippen LogP) is 2.80. The Kier molecular flexibility index (Phi) is 3.74. The number of methoxy groups -OCH3 is 1. The lowest BCUT2D eigenvalue weighted by atomic mass is 10.0. The van der Waals surface area contributed by atoms with Crippen LogP contribution in [0.4, 0.5) is 5.82 Å². The molecule has 2 aromatic rings. The molecule has 2 heterocycles. The molecule has 20 heavy (non-hydrogen) atoms. The number of nitrogens with zero attached hydrogens (tertiary/aromatic N) is 1. The summed E-state index contributed by atoms with van der Waals surface area (Å²) in [4.78, 5) is 4.51. The van der Waals surface area contributed by atoms with Crippen molar-refractivity contribution >= 4 is 16.6 Å². The maximum atomic E-state index is 5.42. The fraction of sp³-hybridized carbons (Fsp3) is 0.438. The molecule has 106 valence electrons. The summed E-state index contributed by atoms with van der Waals surface area (Å²) in [6.45, 7) is 3.29. The number of rotatable bonds is 3. The van der Waals surface area contributed by atoms with Gasteiger partial charge in [0.05, 0.1) is 7.11 Å². The largest absolute Gasteiger partial charge is 0.496 e. The fourth-order valence-corrected chi connectivity index (χ4v) is 2.93. The molecule has 1 aromatic heterocycles. The Labute approximate surface area is 119 Å². The van der Waals surface area contributed by atoms with E-state index in [1.165, 1.54) is 0 Å². The Bertz CT molecular complexity index is 599. The lowest BCUT2D eigenvalue weighted by molar-refractivity contribution is 0.396. The van der Waals surface area contributed by atoms with Crippen molar-refractivity contribution in [3.8, 4) is 5.75 Å². The number of aromatic nitrogens is 1. The minimum Gasteiger partial charge on any atom is -0.496 e. The summed E-state index contributed by atoms with van der Waals surface area (Å²) in [5, 5.41) is 9.30. The van der Waals surface area contributed by atoms with E-state index in [2.05, 4.69) is 28.6 Å². The SMILES string of the molecule is COc1cccc2c(NC3CCNC(C)C3)nccc12. The Balaban J connectivity index is 1.91. The molecule has 1 saturated heterocycles. The van der Waals surface area contributed by atoms with Gasteiger partial charge in [-0.25, -0.2) is 4.98 Å². The van der Waals surface area contributed by atoms with Gasteiger partial charge >= 0.3 is 0 Å². The molecule has 0 amide bonds. The number of benzene rings is 1. The van der Waals surface area contributed by atoms with Gasteiger partial charge in [-0.15, -0.1) is 0 Å². The predicted molar refractivity (Wildman–Crippen MR) is 82.4 cm³/mol. The maximum Gasteiger partial charge on any atom is 0.134 e. The lowest BCUT2D eigenvalue weighted by Gasteiger charge is -2.29. The molecule has 2 atom stereocenters. The highest BCUT2D eigenvalue weighted by Crippen LogP contribution is 2.29. The Morgan fingerprint density at radius 1 is 1.30 bits per heavy atom. The first-order valence-electron chi connectivity index (χ1n) is 7.19. The molecular formula is C16H21N3O. The van der Waals surface area contributed by atoms with Gasteiger partial charge in [-0.1, -0.05) is 12.1 Å². The molecule has 4 nitrogen and oxygen atoms in total.